The fourth-order valence-electron chi connectivity index (χ4n) is 2.00. The second kappa shape index (κ2) is 7.54. The largest absolute Gasteiger partial charge is 0.496 e. The van der Waals surface area contributed by atoms with Crippen molar-refractivity contribution in [3.63, 3.8) is 0 Å². The molecule has 0 radical (unpaired) electrons. The lowest BCUT2D eigenvalue weighted by Crippen LogP contribution is -2.11. The summed E-state index contributed by atoms with van der Waals surface area (Å²) in [6, 6.07) is 4.12. The maximum absolute atomic E-state index is 8.78. The van der Waals surface area contributed by atoms with Gasteiger partial charge in [0.2, 0.25) is 0 Å². The van der Waals surface area contributed by atoms with Gasteiger partial charge in [-0.2, -0.15) is 0 Å². The third-order valence-corrected chi connectivity index (χ3v) is 2.79. The van der Waals surface area contributed by atoms with Crippen LogP contribution in [0.3, 0.4) is 0 Å². The fraction of sp³-hybridized carbons (Fsp3) is 0.538. The van der Waals surface area contributed by atoms with E-state index in [0.29, 0.717) is 0 Å². The number of aliphatic hydroxyl groups is 1. The first-order valence-corrected chi connectivity index (χ1v) is 5.61. The highest BCUT2D eigenvalue weighted by Crippen LogP contribution is 2.27. The number of rotatable bonds is 5. The number of hydrogen-bond acceptors (Lipinski definition) is 3. The van der Waals surface area contributed by atoms with E-state index >= 15 is 0 Å². The monoisotopic (exact) mass is 259 g/mol. The number of benzene rings is 1. The van der Waals surface area contributed by atoms with Crippen molar-refractivity contribution in [1.29, 1.82) is 0 Å². The first-order chi connectivity index (χ1) is 7.60. The van der Waals surface area contributed by atoms with Crippen LogP contribution in [0.1, 0.15) is 35.6 Å². The van der Waals surface area contributed by atoms with Crippen LogP contribution >= 0.6 is 12.4 Å². The Bertz CT molecular complexity index is 332. The zero-order chi connectivity index (χ0) is 12.1. The Balaban J connectivity index is 0.00000256. The summed E-state index contributed by atoms with van der Waals surface area (Å²) in [6.45, 7) is 4.24. The minimum Gasteiger partial charge on any atom is -0.496 e. The zero-order valence-electron chi connectivity index (χ0n) is 10.7. The normalized spacial score (nSPS) is 11.8. The van der Waals surface area contributed by atoms with Crippen molar-refractivity contribution in [2.45, 2.75) is 32.7 Å². The van der Waals surface area contributed by atoms with Crippen molar-refractivity contribution in [2.75, 3.05) is 13.7 Å². The van der Waals surface area contributed by atoms with E-state index in [0.717, 1.165) is 35.3 Å². The molecule has 0 bridgehead atoms. The highest BCUT2D eigenvalue weighted by molar-refractivity contribution is 5.85. The molecule has 1 atom stereocenters. The quantitative estimate of drug-likeness (QED) is 0.854. The minimum atomic E-state index is -0.00421. The summed E-state index contributed by atoms with van der Waals surface area (Å²) in [6.07, 6.45) is 1.55. The predicted molar refractivity (Wildman–Crippen MR) is 73.0 cm³/mol. The van der Waals surface area contributed by atoms with E-state index in [1.807, 2.05) is 13.8 Å². The van der Waals surface area contributed by atoms with Crippen LogP contribution in [0.2, 0.25) is 0 Å². The van der Waals surface area contributed by atoms with Crippen LogP contribution in [0.25, 0.3) is 0 Å². The molecule has 1 rings (SSSR count). The van der Waals surface area contributed by atoms with Gasteiger partial charge in [0.15, 0.2) is 0 Å². The van der Waals surface area contributed by atoms with Gasteiger partial charge in [-0.3, -0.25) is 0 Å². The molecule has 0 aliphatic carbocycles. The number of nitrogens with two attached hydrogens (primary N) is 1. The lowest BCUT2D eigenvalue weighted by Gasteiger charge is -2.16. The molecule has 0 heterocycles. The van der Waals surface area contributed by atoms with Gasteiger partial charge >= 0.3 is 0 Å². The highest BCUT2D eigenvalue weighted by Gasteiger charge is 2.10. The fourth-order valence-corrected chi connectivity index (χ4v) is 2.00. The van der Waals surface area contributed by atoms with Crippen LogP contribution in [0.5, 0.6) is 5.75 Å². The molecule has 0 saturated carbocycles. The summed E-state index contributed by atoms with van der Waals surface area (Å²) in [5.41, 5.74) is 9.39. The van der Waals surface area contributed by atoms with Crippen LogP contribution in [-0.2, 0) is 0 Å². The minimum absolute atomic E-state index is 0. The smallest absolute Gasteiger partial charge is 0.124 e. The zero-order valence-corrected chi connectivity index (χ0v) is 11.5. The average Bonchev–Trinajstić information content (AvgIpc) is 2.25. The van der Waals surface area contributed by atoms with E-state index in [9.17, 15) is 0 Å². The summed E-state index contributed by atoms with van der Waals surface area (Å²) in [5, 5.41) is 8.78. The predicted octanol–water partition coefficient (Wildman–Crippen LogP) is 2.51. The van der Waals surface area contributed by atoms with E-state index < -0.39 is 0 Å². The van der Waals surface area contributed by atoms with Crippen molar-refractivity contribution >= 4 is 12.4 Å². The lowest BCUT2D eigenvalue weighted by molar-refractivity contribution is 0.280. The second-order valence-electron chi connectivity index (χ2n) is 4.16. The van der Waals surface area contributed by atoms with Crippen LogP contribution in [0.4, 0.5) is 0 Å². The Labute approximate surface area is 109 Å². The molecule has 0 aromatic heterocycles. The molecule has 0 unspecified atom stereocenters. The molecule has 0 saturated heterocycles. The highest BCUT2D eigenvalue weighted by atomic mass is 35.5. The third-order valence-electron chi connectivity index (χ3n) is 2.79. The third kappa shape index (κ3) is 4.19. The van der Waals surface area contributed by atoms with Gasteiger partial charge in [0.05, 0.1) is 7.11 Å². The summed E-state index contributed by atoms with van der Waals surface area (Å²) in [7, 11) is 1.68. The maximum atomic E-state index is 8.78. The van der Waals surface area contributed by atoms with Crippen molar-refractivity contribution < 1.29 is 9.84 Å². The first-order valence-electron chi connectivity index (χ1n) is 5.61. The van der Waals surface area contributed by atoms with Crippen LogP contribution in [0, 0.1) is 13.8 Å². The van der Waals surface area contributed by atoms with Gasteiger partial charge in [0.1, 0.15) is 5.75 Å². The Kier molecular flexibility index (Phi) is 7.19. The van der Waals surface area contributed by atoms with Crippen molar-refractivity contribution in [2.24, 2.45) is 5.73 Å². The molecule has 0 aliphatic heterocycles. The summed E-state index contributed by atoms with van der Waals surface area (Å²) >= 11 is 0. The number of hydrogen-bond donors (Lipinski definition) is 2. The first kappa shape index (κ1) is 16.2. The van der Waals surface area contributed by atoms with Crippen LogP contribution in [-0.4, -0.2) is 18.8 Å². The Morgan fingerprint density at radius 3 is 2.24 bits per heavy atom. The van der Waals surface area contributed by atoms with Crippen LogP contribution < -0.4 is 10.5 Å². The number of methoxy groups -OCH3 is 1. The van der Waals surface area contributed by atoms with Gasteiger partial charge in [0.25, 0.3) is 0 Å². The number of ether oxygens (including phenoxy) is 1. The van der Waals surface area contributed by atoms with Gasteiger partial charge in [-0.1, -0.05) is 12.1 Å². The molecular weight excluding hydrogens is 238 g/mol. The summed E-state index contributed by atoms with van der Waals surface area (Å²) < 4.78 is 5.31. The van der Waals surface area contributed by atoms with Gasteiger partial charge < -0.3 is 15.6 Å². The SMILES string of the molecule is COc1c(C)cc([C@H](N)CCCO)cc1C.Cl. The standard InChI is InChI=1S/C13H21NO2.ClH/c1-9-7-11(12(14)5-4-6-15)8-10(2)13(9)16-3;/h7-8,12,15H,4-6,14H2,1-3H3;1H/t12-;/m1./s1. The average molecular weight is 260 g/mol. The molecule has 4 heteroatoms. The van der Waals surface area contributed by atoms with E-state index in [1.165, 1.54) is 0 Å². The van der Waals surface area contributed by atoms with E-state index in [4.69, 9.17) is 15.6 Å². The lowest BCUT2D eigenvalue weighted by atomic mass is 9.98. The van der Waals surface area contributed by atoms with Crippen LogP contribution in [0.15, 0.2) is 12.1 Å². The summed E-state index contributed by atoms with van der Waals surface area (Å²) in [4.78, 5) is 0. The van der Waals surface area contributed by atoms with E-state index in [1.54, 1.807) is 7.11 Å². The van der Waals surface area contributed by atoms with Gasteiger partial charge in [-0.15, -0.1) is 12.4 Å². The molecule has 1 aromatic carbocycles. The second-order valence-corrected chi connectivity index (χ2v) is 4.16. The Hall–Kier alpha value is -0.770. The molecule has 3 N–H and O–H groups in total. The molecule has 0 amide bonds. The molecule has 3 nitrogen and oxygen atoms in total. The van der Waals surface area contributed by atoms with E-state index in [2.05, 4.69) is 12.1 Å². The molecular formula is C13H22ClNO2. The molecule has 1 aromatic rings. The molecule has 98 valence electrons. The topological polar surface area (TPSA) is 55.5 Å². The molecule has 17 heavy (non-hydrogen) atoms. The van der Waals surface area contributed by atoms with Gasteiger partial charge in [-0.25, -0.2) is 0 Å². The Morgan fingerprint density at radius 2 is 1.82 bits per heavy atom. The van der Waals surface area contributed by atoms with Crippen molar-refractivity contribution in [3.8, 4) is 5.75 Å². The maximum Gasteiger partial charge on any atom is 0.124 e. The number of aryl methyl sites for hydroxylation is 2. The van der Waals surface area contributed by atoms with Gasteiger partial charge in [0, 0.05) is 12.6 Å². The number of halogens is 1. The molecule has 0 fully saturated rings. The van der Waals surface area contributed by atoms with E-state index in [-0.39, 0.29) is 25.1 Å². The van der Waals surface area contributed by atoms with Gasteiger partial charge in [-0.05, 0) is 43.4 Å². The number of aliphatic hydroxyl groups excluding tert-OH is 1. The van der Waals surface area contributed by atoms with Crippen molar-refractivity contribution in [1.82, 2.24) is 0 Å². The molecule has 0 spiro atoms. The van der Waals surface area contributed by atoms with Crippen molar-refractivity contribution in [3.05, 3.63) is 28.8 Å². The molecule has 0 aliphatic rings. The summed E-state index contributed by atoms with van der Waals surface area (Å²) in [5.74, 6) is 0.929. The Morgan fingerprint density at radius 1 is 1.29 bits per heavy atom.